The number of hydrogen-bond acceptors (Lipinski definition) is 1. The van der Waals surface area contributed by atoms with E-state index in [0.29, 0.717) is 6.42 Å². The first-order valence-electron chi connectivity index (χ1n) is 6.39. The van der Waals surface area contributed by atoms with E-state index >= 15 is 0 Å². The third-order valence-corrected chi connectivity index (χ3v) is 2.47. The van der Waals surface area contributed by atoms with Gasteiger partial charge >= 0.3 is 0 Å². The summed E-state index contributed by atoms with van der Waals surface area (Å²) in [5.41, 5.74) is 2.53. The Morgan fingerprint density at radius 3 is 2.25 bits per heavy atom. The highest BCUT2D eigenvalue weighted by molar-refractivity contribution is 5.56. The second-order valence-electron chi connectivity index (χ2n) is 3.60. The number of benzene rings is 1. The molecule has 0 unspecified atom stereocenters. The Morgan fingerprint density at radius 1 is 1.06 bits per heavy atom. The summed E-state index contributed by atoms with van der Waals surface area (Å²) in [5.74, 6) is 0. The number of rotatable bonds is 6. The molecule has 0 bridgehead atoms. The zero-order valence-electron chi connectivity index (χ0n) is 10.8. The number of carbonyl (C=O) groups is 1. The highest BCUT2D eigenvalue weighted by Gasteiger charge is 1.99. The van der Waals surface area contributed by atoms with E-state index in [0.717, 1.165) is 12.7 Å². The van der Waals surface area contributed by atoms with Gasteiger partial charge in [-0.1, -0.05) is 57.9 Å². The van der Waals surface area contributed by atoms with Gasteiger partial charge in [-0.3, -0.25) is 0 Å². The van der Waals surface area contributed by atoms with E-state index in [4.69, 9.17) is 0 Å². The standard InChI is InChI=1S/C13H18O.C2H6/c1-2-3-4-7-12-8-5-6-9-13(12)10-11-14;1-2/h5-6,8-9,11H,2-4,7,10H2,1H3;1-2H3. The smallest absolute Gasteiger partial charge is 0.124 e. The Balaban J connectivity index is 0.00000106. The van der Waals surface area contributed by atoms with Crippen LogP contribution in [0.25, 0.3) is 0 Å². The minimum atomic E-state index is 0.558. The van der Waals surface area contributed by atoms with Gasteiger partial charge in [0, 0.05) is 6.42 Å². The summed E-state index contributed by atoms with van der Waals surface area (Å²) in [7, 11) is 0. The number of unbranched alkanes of at least 4 members (excludes halogenated alkanes) is 2. The van der Waals surface area contributed by atoms with Crippen molar-refractivity contribution < 1.29 is 4.79 Å². The lowest BCUT2D eigenvalue weighted by Gasteiger charge is -2.05. The zero-order valence-corrected chi connectivity index (χ0v) is 10.8. The van der Waals surface area contributed by atoms with E-state index in [1.807, 2.05) is 19.9 Å². The van der Waals surface area contributed by atoms with Crippen LogP contribution in [0.15, 0.2) is 24.3 Å². The molecule has 0 radical (unpaired) electrons. The Labute approximate surface area is 99.9 Å². The fourth-order valence-electron chi connectivity index (χ4n) is 1.66. The van der Waals surface area contributed by atoms with Crippen LogP contribution in [0.3, 0.4) is 0 Å². The van der Waals surface area contributed by atoms with Crippen molar-refractivity contribution in [2.75, 3.05) is 0 Å². The first kappa shape index (κ1) is 14.9. The molecule has 1 aromatic rings. The van der Waals surface area contributed by atoms with Crippen molar-refractivity contribution >= 4 is 6.29 Å². The van der Waals surface area contributed by atoms with E-state index in [1.54, 1.807) is 0 Å². The van der Waals surface area contributed by atoms with E-state index in [2.05, 4.69) is 25.1 Å². The number of aldehydes is 1. The van der Waals surface area contributed by atoms with Crippen molar-refractivity contribution in [2.24, 2.45) is 0 Å². The second-order valence-corrected chi connectivity index (χ2v) is 3.60. The van der Waals surface area contributed by atoms with Crippen molar-refractivity contribution in [1.29, 1.82) is 0 Å². The van der Waals surface area contributed by atoms with Crippen molar-refractivity contribution in [2.45, 2.75) is 52.9 Å². The van der Waals surface area contributed by atoms with Crippen LogP contribution in [0.2, 0.25) is 0 Å². The van der Waals surface area contributed by atoms with Gasteiger partial charge in [-0.05, 0) is 24.0 Å². The van der Waals surface area contributed by atoms with Gasteiger partial charge in [0.2, 0.25) is 0 Å². The van der Waals surface area contributed by atoms with E-state index < -0.39 is 0 Å². The summed E-state index contributed by atoms with van der Waals surface area (Å²) in [6.45, 7) is 6.21. The highest BCUT2D eigenvalue weighted by atomic mass is 16.1. The van der Waals surface area contributed by atoms with Gasteiger partial charge in [0.15, 0.2) is 0 Å². The molecule has 0 atom stereocenters. The molecular formula is C15H24O. The molecule has 0 N–H and O–H groups in total. The molecule has 0 fully saturated rings. The fraction of sp³-hybridized carbons (Fsp3) is 0.533. The molecule has 0 amide bonds. The van der Waals surface area contributed by atoms with Gasteiger partial charge in [0.05, 0.1) is 0 Å². The molecule has 90 valence electrons. The van der Waals surface area contributed by atoms with Crippen LogP contribution >= 0.6 is 0 Å². The monoisotopic (exact) mass is 220 g/mol. The molecule has 1 rings (SSSR count). The molecule has 1 heteroatoms. The molecule has 0 saturated carbocycles. The van der Waals surface area contributed by atoms with Crippen LogP contribution in [-0.4, -0.2) is 6.29 Å². The van der Waals surface area contributed by atoms with Gasteiger partial charge in [-0.2, -0.15) is 0 Å². The van der Waals surface area contributed by atoms with Crippen molar-refractivity contribution in [3.8, 4) is 0 Å². The molecule has 0 spiro atoms. The lowest BCUT2D eigenvalue weighted by molar-refractivity contribution is -0.107. The molecular weight excluding hydrogens is 196 g/mol. The van der Waals surface area contributed by atoms with Gasteiger partial charge in [0.1, 0.15) is 6.29 Å². The summed E-state index contributed by atoms with van der Waals surface area (Å²) < 4.78 is 0. The Kier molecular flexibility index (Phi) is 9.69. The summed E-state index contributed by atoms with van der Waals surface area (Å²) >= 11 is 0. The predicted octanol–water partition coefficient (Wildman–Crippen LogP) is 4.19. The first-order chi connectivity index (χ1) is 7.88. The third-order valence-electron chi connectivity index (χ3n) is 2.47. The molecule has 1 nitrogen and oxygen atoms in total. The maximum atomic E-state index is 10.5. The van der Waals surface area contributed by atoms with Crippen LogP contribution < -0.4 is 0 Å². The summed E-state index contributed by atoms with van der Waals surface area (Å²) in [6, 6.07) is 8.24. The fourth-order valence-corrected chi connectivity index (χ4v) is 1.66. The zero-order chi connectivity index (χ0) is 12.2. The van der Waals surface area contributed by atoms with Gasteiger partial charge < -0.3 is 4.79 Å². The average Bonchev–Trinajstić information content (AvgIpc) is 2.35. The SMILES string of the molecule is CC.CCCCCc1ccccc1CC=O. The highest BCUT2D eigenvalue weighted by Crippen LogP contribution is 2.12. The van der Waals surface area contributed by atoms with E-state index in [9.17, 15) is 4.79 Å². The van der Waals surface area contributed by atoms with Gasteiger partial charge in [-0.15, -0.1) is 0 Å². The topological polar surface area (TPSA) is 17.1 Å². The van der Waals surface area contributed by atoms with Crippen molar-refractivity contribution in [3.63, 3.8) is 0 Å². The van der Waals surface area contributed by atoms with Crippen molar-refractivity contribution in [3.05, 3.63) is 35.4 Å². The largest absolute Gasteiger partial charge is 0.303 e. The lowest BCUT2D eigenvalue weighted by Crippen LogP contribution is -1.95. The van der Waals surface area contributed by atoms with Crippen LogP contribution in [0.4, 0.5) is 0 Å². The molecule has 16 heavy (non-hydrogen) atoms. The number of aryl methyl sites for hydroxylation is 1. The third kappa shape index (κ3) is 5.69. The molecule has 0 aromatic heterocycles. The van der Waals surface area contributed by atoms with Crippen LogP contribution in [0.1, 0.15) is 51.2 Å². The maximum absolute atomic E-state index is 10.5. The van der Waals surface area contributed by atoms with Crippen molar-refractivity contribution in [1.82, 2.24) is 0 Å². The number of hydrogen-bond donors (Lipinski definition) is 0. The molecule has 0 aliphatic rings. The summed E-state index contributed by atoms with van der Waals surface area (Å²) in [5, 5.41) is 0. The minimum Gasteiger partial charge on any atom is -0.303 e. The van der Waals surface area contributed by atoms with E-state index in [-0.39, 0.29) is 0 Å². The average molecular weight is 220 g/mol. The second kappa shape index (κ2) is 10.4. The Morgan fingerprint density at radius 2 is 1.69 bits per heavy atom. The maximum Gasteiger partial charge on any atom is 0.124 e. The first-order valence-corrected chi connectivity index (χ1v) is 6.39. The molecule has 1 aromatic carbocycles. The van der Waals surface area contributed by atoms with Crippen LogP contribution in [-0.2, 0) is 17.6 Å². The normalized spacial score (nSPS) is 9.19. The van der Waals surface area contributed by atoms with Crippen LogP contribution in [0.5, 0.6) is 0 Å². The lowest BCUT2D eigenvalue weighted by atomic mass is 10.00. The quantitative estimate of drug-likeness (QED) is 0.519. The summed E-state index contributed by atoms with van der Waals surface area (Å²) in [6.07, 6.45) is 6.40. The summed E-state index contributed by atoms with van der Waals surface area (Å²) in [4.78, 5) is 10.5. The van der Waals surface area contributed by atoms with Gasteiger partial charge in [0.25, 0.3) is 0 Å². The predicted molar refractivity (Wildman–Crippen MR) is 70.8 cm³/mol. The molecule has 0 aliphatic heterocycles. The van der Waals surface area contributed by atoms with Gasteiger partial charge in [-0.25, -0.2) is 0 Å². The van der Waals surface area contributed by atoms with Crippen LogP contribution in [0, 0.1) is 0 Å². The minimum absolute atomic E-state index is 0.558. The molecule has 0 aliphatic carbocycles. The molecule has 0 heterocycles. The van der Waals surface area contributed by atoms with E-state index in [1.165, 1.54) is 30.4 Å². The Bertz CT molecular complexity index is 279. The number of carbonyl (C=O) groups excluding carboxylic acids is 1. The molecule has 0 saturated heterocycles. The Hall–Kier alpha value is -1.11.